The molecule has 10 rings (SSSR count). The Morgan fingerprint density at radius 1 is 0.532 bits per heavy atom. The summed E-state index contributed by atoms with van der Waals surface area (Å²) < 4.78 is 0. The highest BCUT2D eigenvalue weighted by Crippen LogP contribution is 2.63. The molecular formula is C46H64S. The van der Waals surface area contributed by atoms with Crippen molar-refractivity contribution >= 4 is 11.8 Å². The van der Waals surface area contributed by atoms with Crippen LogP contribution in [0.5, 0.6) is 0 Å². The van der Waals surface area contributed by atoms with Crippen molar-refractivity contribution in [2.45, 2.75) is 158 Å². The van der Waals surface area contributed by atoms with Crippen molar-refractivity contribution in [3.05, 3.63) is 58.2 Å². The van der Waals surface area contributed by atoms with E-state index in [1.54, 1.807) is 6.42 Å². The number of fused-ring (bicyclic) bond motifs is 7. The first-order valence-electron chi connectivity index (χ1n) is 21.5. The number of hydrogen-bond acceptors (Lipinski definition) is 1. The normalized spacial score (nSPS) is 47.7. The quantitative estimate of drug-likeness (QED) is 0.274. The smallest absolute Gasteiger partial charge is 0.00869 e. The van der Waals surface area contributed by atoms with E-state index in [1.165, 1.54) is 141 Å². The molecule has 0 aromatic rings. The molecule has 10 aliphatic rings. The van der Waals surface area contributed by atoms with Gasteiger partial charge in [0.15, 0.2) is 0 Å². The Labute approximate surface area is 292 Å². The van der Waals surface area contributed by atoms with Gasteiger partial charge >= 0.3 is 0 Å². The summed E-state index contributed by atoms with van der Waals surface area (Å²) in [6.45, 7) is 0. The van der Waals surface area contributed by atoms with Gasteiger partial charge in [-0.25, -0.2) is 0 Å². The highest BCUT2D eigenvalue weighted by atomic mass is 32.2. The third kappa shape index (κ3) is 5.25. The topological polar surface area (TPSA) is 0 Å². The summed E-state index contributed by atoms with van der Waals surface area (Å²) in [5.74, 6) is 9.83. The molecule has 0 spiro atoms. The highest BCUT2D eigenvalue weighted by Gasteiger charge is 2.53. The van der Waals surface area contributed by atoms with E-state index >= 15 is 0 Å². The molecule has 1 heterocycles. The Hall–Kier alpha value is -0.950. The number of rotatable bonds is 3. The summed E-state index contributed by atoms with van der Waals surface area (Å²) in [5.41, 5.74) is 9.79. The first kappa shape index (κ1) is 30.8. The van der Waals surface area contributed by atoms with Gasteiger partial charge in [0.05, 0.1) is 0 Å². The number of thioether (sulfide) groups is 1. The van der Waals surface area contributed by atoms with Crippen molar-refractivity contribution in [2.24, 2.45) is 65.1 Å². The van der Waals surface area contributed by atoms with E-state index in [0.717, 1.165) is 75.6 Å². The van der Waals surface area contributed by atoms with Crippen LogP contribution in [-0.4, -0.2) is 10.5 Å². The Morgan fingerprint density at radius 2 is 1.36 bits per heavy atom. The van der Waals surface area contributed by atoms with Crippen LogP contribution < -0.4 is 0 Å². The van der Waals surface area contributed by atoms with Crippen LogP contribution in [0.2, 0.25) is 0 Å². The van der Waals surface area contributed by atoms with Gasteiger partial charge in [-0.2, -0.15) is 11.8 Å². The molecule has 47 heavy (non-hydrogen) atoms. The zero-order valence-corrected chi connectivity index (χ0v) is 30.4. The van der Waals surface area contributed by atoms with E-state index in [9.17, 15) is 0 Å². The van der Waals surface area contributed by atoms with Crippen LogP contribution in [0.15, 0.2) is 58.2 Å². The van der Waals surface area contributed by atoms with Crippen LogP contribution in [0.4, 0.5) is 0 Å². The molecular weight excluding hydrogens is 585 g/mol. The molecule has 0 aromatic carbocycles. The molecule has 1 heteroatoms. The van der Waals surface area contributed by atoms with E-state index in [2.05, 4.69) is 42.1 Å². The summed E-state index contributed by atoms with van der Waals surface area (Å²) in [4.78, 5) is 0. The van der Waals surface area contributed by atoms with Crippen molar-refractivity contribution in [2.75, 3.05) is 0 Å². The van der Waals surface area contributed by atoms with Crippen LogP contribution in [0.3, 0.4) is 0 Å². The fraction of sp³-hybridized carbons (Fsp3) is 0.783. The molecule has 0 N–H and O–H groups in total. The summed E-state index contributed by atoms with van der Waals surface area (Å²) in [6, 6.07) is 0. The van der Waals surface area contributed by atoms with E-state index in [1.807, 2.05) is 27.9 Å². The lowest BCUT2D eigenvalue weighted by Crippen LogP contribution is -2.45. The average molecular weight is 649 g/mol. The summed E-state index contributed by atoms with van der Waals surface area (Å²) in [5, 5.41) is 1.98. The standard InChI is InChI=1S/C46H64S/c1-3-16-32-29(12-1)14-9-22-35(32)44-37-18-5-6-19-38(37)45(36-23-10-15-30-13-2-4-17-33(30)36)41-28-31(26-27-39(41)44)34-21-11-25-43-46(34)40-20-7-8-24-42(40)47-43/h9,15,18,22,28-29,32-36,38,40-43,45-46H,1-8,10-14,16-17,19-21,23-27H2. The molecule has 9 aliphatic carbocycles. The van der Waals surface area contributed by atoms with Crippen LogP contribution in [0.1, 0.15) is 148 Å². The average Bonchev–Trinajstić information content (AvgIpc) is 3.52. The first-order valence-corrected chi connectivity index (χ1v) is 22.4. The van der Waals surface area contributed by atoms with Crippen LogP contribution in [0.25, 0.3) is 0 Å². The van der Waals surface area contributed by atoms with Crippen molar-refractivity contribution in [3.8, 4) is 0 Å². The largest absolute Gasteiger partial charge is 0.155 e. The van der Waals surface area contributed by atoms with Gasteiger partial charge in [-0.1, -0.05) is 85.6 Å². The Morgan fingerprint density at radius 3 is 2.34 bits per heavy atom. The van der Waals surface area contributed by atoms with Gasteiger partial charge in [-0.3, -0.25) is 0 Å². The Bertz CT molecular complexity index is 1350. The second-order valence-corrected chi connectivity index (χ2v) is 20.0. The lowest BCUT2D eigenvalue weighted by Gasteiger charge is -2.54. The van der Waals surface area contributed by atoms with E-state index in [-0.39, 0.29) is 0 Å². The van der Waals surface area contributed by atoms with Gasteiger partial charge in [0, 0.05) is 22.3 Å². The monoisotopic (exact) mass is 648 g/mol. The zero-order valence-electron chi connectivity index (χ0n) is 29.6. The maximum atomic E-state index is 3.12. The Balaban J connectivity index is 1.09. The Kier molecular flexibility index (Phi) is 8.52. The summed E-state index contributed by atoms with van der Waals surface area (Å²) in [7, 11) is 0. The van der Waals surface area contributed by atoms with Crippen molar-refractivity contribution in [1.29, 1.82) is 0 Å². The van der Waals surface area contributed by atoms with Gasteiger partial charge in [-0.15, -0.1) is 0 Å². The minimum atomic E-state index is 0.721. The first-order chi connectivity index (χ1) is 23.3. The van der Waals surface area contributed by atoms with Gasteiger partial charge in [0.25, 0.3) is 0 Å². The molecule has 0 nitrogen and oxygen atoms in total. The van der Waals surface area contributed by atoms with Crippen LogP contribution in [-0.2, 0) is 0 Å². The molecule has 0 radical (unpaired) electrons. The van der Waals surface area contributed by atoms with Crippen molar-refractivity contribution < 1.29 is 0 Å². The van der Waals surface area contributed by atoms with Crippen LogP contribution in [0, 0.1) is 65.1 Å². The molecule has 254 valence electrons. The molecule has 1 saturated heterocycles. The second-order valence-electron chi connectivity index (χ2n) is 18.5. The number of hydrogen-bond donors (Lipinski definition) is 0. The molecule has 13 atom stereocenters. The predicted octanol–water partition coefficient (Wildman–Crippen LogP) is 13.0. The lowest BCUT2D eigenvalue weighted by atomic mass is 9.50. The maximum absolute atomic E-state index is 3.12. The minimum Gasteiger partial charge on any atom is -0.155 e. The SMILES string of the molecule is C1=CC(C2=C3CCC(C4CCCC5SC6CCCCC6C54)=CC3C(C3CCC=C4CCCCC43)C3CCCC=C23)C2CCCCC2C1. The van der Waals surface area contributed by atoms with Gasteiger partial charge in [0.1, 0.15) is 0 Å². The third-order valence-electron chi connectivity index (χ3n) is 16.6. The molecule has 5 fully saturated rings. The molecule has 1 aliphatic heterocycles. The fourth-order valence-corrected chi connectivity index (χ4v) is 17.1. The molecule has 0 aromatic heterocycles. The zero-order chi connectivity index (χ0) is 30.9. The fourth-order valence-electron chi connectivity index (χ4n) is 14.9. The predicted molar refractivity (Wildman–Crippen MR) is 200 cm³/mol. The van der Waals surface area contributed by atoms with E-state index in [0.29, 0.717) is 0 Å². The third-order valence-corrected chi connectivity index (χ3v) is 18.5. The summed E-state index contributed by atoms with van der Waals surface area (Å²) >= 11 is 2.49. The maximum Gasteiger partial charge on any atom is 0.00869 e. The second kappa shape index (κ2) is 13.0. The minimum absolute atomic E-state index is 0.721. The van der Waals surface area contributed by atoms with Gasteiger partial charge in [-0.05, 0) is 174 Å². The summed E-state index contributed by atoms with van der Waals surface area (Å²) in [6.07, 6.45) is 47.9. The molecule has 4 saturated carbocycles. The van der Waals surface area contributed by atoms with Gasteiger partial charge in [0.2, 0.25) is 0 Å². The lowest BCUT2D eigenvalue weighted by molar-refractivity contribution is 0.107. The number of allylic oxidation sites excluding steroid dienone is 10. The molecule has 13 unspecified atom stereocenters. The van der Waals surface area contributed by atoms with Gasteiger partial charge < -0.3 is 0 Å². The van der Waals surface area contributed by atoms with Crippen molar-refractivity contribution in [1.82, 2.24) is 0 Å². The van der Waals surface area contributed by atoms with E-state index < -0.39 is 0 Å². The van der Waals surface area contributed by atoms with E-state index in [4.69, 9.17) is 0 Å². The van der Waals surface area contributed by atoms with Crippen LogP contribution >= 0.6 is 11.8 Å². The van der Waals surface area contributed by atoms with Crippen molar-refractivity contribution in [3.63, 3.8) is 0 Å². The molecule has 0 bridgehead atoms. The highest BCUT2D eigenvalue weighted by molar-refractivity contribution is 8.00. The molecule has 0 amide bonds.